The first kappa shape index (κ1) is 12.5. The SMILES string of the molecule is Cc1ccc2c(c1)[C@@H]1c3ccccc3C[C@@H]1[C@H]1CCC(=O)N21. The zero-order valence-corrected chi connectivity index (χ0v) is 12.8. The highest BCUT2D eigenvalue weighted by Crippen LogP contribution is 2.54. The molecule has 22 heavy (non-hydrogen) atoms. The zero-order valence-electron chi connectivity index (χ0n) is 12.8. The van der Waals surface area contributed by atoms with Crippen LogP contribution in [0, 0.1) is 12.8 Å². The molecular formula is C20H19NO. The summed E-state index contributed by atoms with van der Waals surface area (Å²) < 4.78 is 0. The molecule has 0 N–H and O–H groups in total. The predicted octanol–water partition coefficient (Wildman–Crippen LogP) is 3.81. The van der Waals surface area contributed by atoms with Crippen LogP contribution >= 0.6 is 0 Å². The minimum absolute atomic E-state index is 0.310. The fourth-order valence-corrected chi connectivity index (χ4v) is 4.95. The molecule has 0 aromatic heterocycles. The molecule has 2 aromatic carbocycles. The van der Waals surface area contributed by atoms with Gasteiger partial charge in [0.05, 0.1) is 0 Å². The Morgan fingerprint density at radius 3 is 2.86 bits per heavy atom. The normalized spacial score (nSPS) is 28.1. The summed E-state index contributed by atoms with van der Waals surface area (Å²) in [7, 11) is 0. The first-order valence-electron chi connectivity index (χ1n) is 8.24. The molecule has 1 fully saturated rings. The van der Waals surface area contributed by atoms with Crippen molar-refractivity contribution in [2.75, 3.05) is 4.90 Å². The second kappa shape index (κ2) is 4.22. The van der Waals surface area contributed by atoms with Crippen LogP contribution in [-0.2, 0) is 11.2 Å². The highest BCUT2D eigenvalue weighted by Gasteiger charge is 2.49. The molecule has 2 heterocycles. The molecule has 3 aliphatic rings. The lowest BCUT2D eigenvalue weighted by Gasteiger charge is -2.41. The van der Waals surface area contributed by atoms with Crippen LogP contribution in [0.25, 0.3) is 0 Å². The molecule has 1 aliphatic carbocycles. The summed E-state index contributed by atoms with van der Waals surface area (Å²) in [5, 5.41) is 0. The van der Waals surface area contributed by atoms with Gasteiger partial charge in [-0.25, -0.2) is 0 Å². The first-order chi connectivity index (χ1) is 10.7. The maximum absolute atomic E-state index is 12.4. The molecule has 2 nitrogen and oxygen atoms in total. The van der Waals surface area contributed by atoms with Crippen molar-refractivity contribution in [3.8, 4) is 0 Å². The van der Waals surface area contributed by atoms with Gasteiger partial charge in [-0.05, 0) is 48.4 Å². The summed E-state index contributed by atoms with van der Waals surface area (Å²) >= 11 is 0. The number of carbonyl (C=O) groups is 1. The van der Waals surface area contributed by atoms with Gasteiger partial charge < -0.3 is 4.90 Å². The van der Waals surface area contributed by atoms with E-state index in [-0.39, 0.29) is 0 Å². The summed E-state index contributed by atoms with van der Waals surface area (Å²) in [4.78, 5) is 14.6. The van der Waals surface area contributed by atoms with E-state index in [0.29, 0.717) is 30.2 Å². The molecule has 1 saturated heterocycles. The molecule has 0 saturated carbocycles. The first-order valence-corrected chi connectivity index (χ1v) is 8.24. The molecule has 0 unspecified atom stereocenters. The highest BCUT2D eigenvalue weighted by molar-refractivity contribution is 5.98. The number of hydrogen-bond donors (Lipinski definition) is 0. The van der Waals surface area contributed by atoms with Gasteiger partial charge in [0.15, 0.2) is 0 Å². The van der Waals surface area contributed by atoms with Gasteiger partial charge in [0.1, 0.15) is 0 Å². The number of hydrogen-bond acceptors (Lipinski definition) is 1. The highest BCUT2D eigenvalue weighted by atomic mass is 16.2. The monoisotopic (exact) mass is 289 g/mol. The van der Waals surface area contributed by atoms with Crippen molar-refractivity contribution in [2.24, 2.45) is 5.92 Å². The molecule has 0 bridgehead atoms. The lowest BCUT2D eigenvalue weighted by molar-refractivity contribution is -0.117. The average molecular weight is 289 g/mol. The zero-order chi connectivity index (χ0) is 14.8. The topological polar surface area (TPSA) is 20.3 Å². The van der Waals surface area contributed by atoms with Crippen LogP contribution in [0.3, 0.4) is 0 Å². The van der Waals surface area contributed by atoms with Crippen LogP contribution in [0.4, 0.5) is 5.69 Å². The Balaban J connectivity index is 1.78. The summed E-state index contributed by atoms with van der Waals surface area (Å²) in [6.45, 7) is 2.15. The van der Waals surface area contributed by atoms with Gasteiger partial charge in [0.25, 0.3) is 0 Å². The molecule has 110 valence electrons. The predicted molar refractivity (Wildman–Crippen MR) is 87.2 cm³/mol. The van der Waals surface area contributed by atoms with Gasteiger partial charge in [-0.3, -0.25) is 4.79 Å². The fourth-order valence-electron chi connectivity index (χ4n) is 4.95. The number of amides is 1. The van der Waals surface area contributed by atoms with Crippen molar-refractivity contribution in [2.45, 2.75) is 38.1 Å². The third kappa shape index (κ3) is 1.48. The Kier molecular flexibility index (Phi) is 2.39. The van der Waals surface area contributed by atoms with Crippen LogP contribution in [0.2, 0.25) is 0 Å². The maximum Gasteiger partial charge on any atom is 0.227 e. The third-order valence-corrected chi connectivity index (χ3v) is 5.80. The summed E-state index contributed by atoms with van der Waals surface area (Å²) in [6, 6.07) is 15.9. The Morgan fingerprint density at radius 1 is 1.09 bits per heavy atom. The molecule has 0 radical (unpaired) electrons. The summed E-state index contributed by atoms with van der Waals surface area (Å²) in [6.07, 6.45) is 2.83. The van der Waals surface area contributed by atoms with Gasteiger partial charge in [-0.15, -0.1) is 0 Å². The number of anilines is 1. The van der Waals surface area contributed by atoms with Crippen LogP contribution in [0.15, 0.2) is 42.5 Å². The van der Waals surface area contributed by atoms with E-state index in [9.17, 15) is 4.79 Å². The lowest BCUT2D eigenvalue weighted by atomic mass is 9.76. The number of fused-ring (bicyclic) bond motifs is 8. The third-order valence-electron chi connectivity index (χ3n) is 5.80. The van der Waals surface area contributed by atoms with Crippen molar-refractivity contribution in [1.29, 1.82) is 0 Å². The smallest absolute Gasteiger partial charge is 0.227 e. The van der Waals surface area contributed by atoms with Crippen LogP contribution in [0.5, 0.6) is 0 Å². The average Bonchev–Trinajstić information content (AvgIpc) is 3.08. The van der Waals surface area contributed by atoms with Gasteiger partial charge in [-0.1, -0.05) is 42.0 Å². The van der Waals surface area contributed by atoms with Crippen molar-refractivity contribution in [3.63, 3.8) is 0 Å². The quantitative estimate of drug-likeness (QED) is 0.722. The second-order valence-electron chi connectivity index (χ2n) is 6.98. The summed E-state index contributed by atoms with van der Waals surface area (Å²) in [5.41, 5.74) is 6.77. The van der Waals surface area contributed by atoms with Crippen LogP contribution < -0.4 is 4.90 Å². The van der Waals surface area contributed by atoms with E-state index in [1.165, 1.54) is 22.3 Å². The standard InChI is InChI=1S/C20H19NO/c1-12-6-7-17-15(10-12)20-14-5-3-2-4-13(14)11-16(20)18-8-9-19(22)21(17)18/h2-7,10,16,18,20H,8-9,11H2,1H3/t16-,18-,20+/m1/s1. The molecule has 3 atom stereocenters. The molecule has 2 aliphatic heterocycles. The number of rotatable bonds is 0. The Morgan fingerprint density at radius 2 is 1.95 bits per heavy atom. The fraction of sp³-hybridized carbons (Fsp3) is 0.350. The number of nitrogens with zero attached hydrogens (tertiary/aromatic N) is 1. The molecule has 2 aromatic rings. The van der Waals surface area contributed by atoms with Gasteiger partial charge >= 0.3 is 0 Å². The summed E-state index contributed by atoms with van der Waals surface area (Å²) in [5.74, 6) is 1.33. The van der Waals surface area contributed by atoms with E-state index in [1.807, 2.05) is 0 Å². The van der Waals surface area contributed by atoms with Crippen molar-refractivity contribution < 1.29 is 4.79 Å². The Hall–Kier alpha value is -2.09. The van der Waals surface area contributed by atoms with E-state index in [2.05, 4.69) is 54.3 Å². The van der Waals surface area contributed by atoms with E-state index >= 15 is 0 Å². The van der Waals surface area contributed by atoms with Crippen LogP contribution in [-0.4, -0.2) is 11.9 Å². The van der Waals surface area contributed by atoms with Crippen molar-refractivity contribution in [1.82, 2.24) is 0 Å². The molecule has 2 heteroatoms. The van der Waals surface area contributed by atoms with Gasteiger partial charge in [0, 0.05) is 24.1 Å². The lowest BCUT2D eigenvalue weighted by Crippen LogP contribution is -2.44. The van der Waals surface area contributed by atoms with Gasteiger partial charge in [0.2, 0.25) is 5.91 Å². The van der Waals surface area contributed by atoms with Gasteiger partial charge in [-0.2, -0.15) is 0 Å². The second-order valence-corrected chi connectivity index (χ2v) is 6.98. The van der Waals surface area contributed by atoms with E-state index < -0.39 is 0 Å². The van der Waals surface area contributed by atoms with E-state index in [0.717, 1.165) is 18.5 Å². The largest absolute Gasteiger partial charge is 0.309 e. The Labute approximate surface area is 130 Å². The minimum Gasteiger partial charge on any atom is -0.309 e. The number of carbonyl (C=O) groups excluding carboxylic acids is 1. The number of aryl methyl sites for hydroxylation is 1. The van der Waals surface area contributed by atoms with Crippen molar-refractivity contribution >= 4 is 11.6 Å². The maximum atomic E-state index is 12.4. The minimum atomic E-state index is 0.310. The molecule has 5 rings (SSSR count). The Bertz CT molecular complexity index is 794. The number of benzene rings is 2. The van der Waals surface area contributed by atoms with Crippen LogP contribution in [0.1, 0.15) is 41.0 Å². The molecular weight excluding hydrogens is 270 g/mol. The van der Waals surface area contributed by atoms with E-state index in [4.69, 9.17) is 0 Å². The molecule has 1 amide bonds. The van der Waals surface area contributed by atoms with Crippen molar-refractivity contribution in [3.05, 3.63) is 64.7 Å². The molecule has 0 spiro atoms. The van der Waals surface area contributed by atoms with E-state index in [1.54, 1.807) is 0 Å².